The van der Waals surface area contributed by atoms with Crippen LogP contribution in [0.25, 0.3) is 0 Å². The smallest absolute Gasteiger partial charge is 0.370 e. The third kappa shape index (κ3) is 4.76. The van der Waals surface area contributed by atoms with Gasteiger partial charge >= 0.3 is 12.1 Å². The van der Waals surface area contributed by atoms with Crippen molar-refractivity contribution < 1.29 is 22.8 Å². The fourth-order valence-corrected chi connectivity index (χ4v) is 6.04. The Labute approximate surface area is 188 Å². The van der Waals surface area contributed by atoms with Gasteiger partial charge in [-0.2, -0.15) is 13.2 Å². The molecule has 0 aliphatic carbocycles. The van der Waals surface area contributed by atoms with E-state index in [9.17, 15) is 22.8 Å². The second-order valence-corrected chi connectivity index (χ2v) is 9.62. The summed E-state index contributed by atoms with van der Waals surface area (Å²) in [5, 5.41) is 2.09. The fourth-order valence-electron chi connectivity index (χ4n) is 3.83. The first-order valence-corrected chi connectivity index (χ1v) is 12.2. The van der Waals surface area contributed by atoms with E-state index in [1.54, 1.807) is 24.3 Å². The zero-order chi connectivity index (χ0) is 22.0. The normalized spacial score (nSPS) is 16.9. The molecule has 1 saturated heterocycles. The van der Waals surface area contributed by atoms with E-state index in [4.69, 9.17) is 0 Å². The average Bonchev–Trinajstić information content (AvgIpc) is 3.03. The largest absolute Gasteiger partial charge is 0.471 e. The maximum atomic E-state index is 13.0. The number of nitrogens with zero attached hydrogens (tertiary/aromatic N) is 1. The quantitative estimate of drug-likeness (QED) is 0.434. The molecule has 0 aromatic heterocycles. The van der Waals surface area contributed by atoms with Crippen molar-refractivity contribution in [2.75, 3.05) is 23.3 Å². The number of carbonyl (C=O) groups excluding carboxylic acids is 2. The van der Waals surface area contributed by atoms with Crippen molar-refractivity contribution >= 4 is 47.7 Å². The number of hydrogen-bond acceptors (Lipinski definition) is 3. The molecule has 0 atom stereocenters. The predicted molar refractivity (Wildman–Crippen MR) is 123 cm³/mol. The first-order valence-electron chi connectivity index (χ1n) is 10.0. The van der Waals surface area contributed by atoms with Gasteiger partial charge in [-0.25, -0.2) is 0 Å². The Bertz CT molecular complexity index is 1040. The van der Waals surface area contributed by atoms with Crippen molar-refractivity contribution in [1.82, 2.24) is 3.53 Å². The number of hydrogen-bond donors (Lipinski definition) is 2. The molecule has 31 heavy (non-hydrogen) atoms. The lowest BCUT2D eigenvalue weighted by atomic mass is 9.98. The van der Waals surface area contributed by atoms with E-state index in [0.29, 0.717) is 16.8 Å². The highest BCUT2D eigenvalue weighted by Crippen LogP contribution is 2.33. The fraction of sp³-hybridized carbons (Fsp3) is 0.318. The van der Waals surface area contributed by atoms with Crippen LogP contribution in [0.5, 0.6) is 0 Å². The van der Waals surface area contributed by atoms with E-state index in [1.165, 1.54) is 0 Å². The van der Waals surface area contributed by atoms with Gasteiger partial charge in [-0.3, -0.25) is 13.1 Å². The third-order valence-electron chi connectivity index (χ3n) is 5.34. The zero-order valence-electron chi connectivity index (χ0n) is 16.6. The molecular formula is C22H21F3IN3O2. The molecule has 0 saturated carbocycles. The average molecular weight is 543 g/mol. The maximum absolute atomic E-state index is 13.0. The van der Waals surface area contributed by atoms with Gasteiger partial charge in [-0.05, 0) is 36.6 Å². The summed E-state index contributed by atoms with van der Waals surface area (Å²) in [5.74, 6) is -2.13. The molecule has 1 fully saturated rings. The van der Waals surface area contributed by atoms with Gasteiger partial charge < -0.3 is 10.2 Å². The minimum absolute atomic E-state index is 0.140. The maximum Gasteiger partial charge on any atom is 0.471 e. The van der Waals surface area contributed by atoms with Crippen molar-refractivity contribution in [1.29, 1.82) is 0 Å². The van der Waals surface area contributed by atoms with Crippen LogP contribution in [0.15, 0.2) is 42.5 Å². The van der Waals surface area contributed by atoms with Gasteiger partial charge in [0.15, 0.2) is 0 Å². The molecule has 5 nitrogen and oxygen atoms in total. The van der Waals surface area contributed by atoms with Crippen LogP contribution in [0.2, 0.25) is 0 Å². The summed E-state index contributed by atoms with van der Waals surface area (Å²) in [6, 6.07) is 12.4. The Morgan fingerprint density at radius 1 is 1.00 bits per heavy atom. The number of carbonyl (C=O) groups is 2. The minimum Gasteiger partial charge on any atom is -0.370 e. The Morgan fingerprint density at radius 3 is 2.35 bits per heavy atom. The highest BCUT2D eigenvalue weighted by Gasteiger charge is 2.39. The molecule has 4 rings (SSSR count). The molecule has 0 radical (unpaired) electrons. The Balaban J connectivity index is 1.76. The lowest BCUT2D eigenvalue weighted by molar-refractivity contribution is -0.167. The summed E-state index contributed by atoms with van der Waals surface area (Å²) < 4.78 is 42.8. The molecule has 2 N–H and O–H groups in total. The van der Waals surface area contributed by atoms with E-state index in [1.807, 2.05) is 23.1 Å². The van der Waals surface area contributed by atoms with E-state index >= 15 is 0 Å². The number of alkyl halides is 3. The van der Waals surface area contributed by atoms with E-state index in [2.05, 4.69) is 8.85 Å². The van der Waals surface area contributed by atoms with Gasteiger partial charge in [0, 0.05) is 48.7 Å². The van der Waals surface area contributed by atoms with Gasteiger partial charge in [-0.15, -0.1) is 0 Å². The molecule has 0 unspecified atom stereocenters. The molecule has 0 bridgehead atoms. The van der Waals surface area contributed by atoms with Gasteiger partial charge in [-0.1, -0.05) is 37.1 Å². The van der Waals surface area contributed by atoms with Crippen molar-refractivity contribution in [2.45, 2.75) is 31.9 Å². The van der Waals surface area contributed by atoms with Crippen molar-refractivity contribution in [3.05, 3.63) is 59.2 Å². The van der Waals surface area contributed by atoms with Crippen molar-refractivity contribution in [2.24, 2.45) is 0 Å². The first-order chi connectivity index (χ1) is 14.8. The number of fused-ring (bicyclic) bond motifs is 1. The second kappa shape index (κ2) is 8.97. The molecule has 9 heteroatoms. The van der Waals surface area contributed by atoms with E-state index in [0.717, 1.165) is 47.8 Å². The Kier molecular flexibility index (Phi) is 6.31. The molecule has 2 aromatic rings. The second-order valence-electron chi connectivity index (χ2n) is 7.46. The Morgan fingerprint density at radius 2 is 1.68 bits per heavy atom. The summed E-state index contributed by atoms with van der Waals surface area (Å²) in [5.41, 5.74) is 2.77. The van der Waals surface area contributed by atoms with Gasteiger partial charge in [0.25, 0.3) is 5.91 Å². The number of nitrogens with one attached hydrogen (secondary N) is 2. The number of amides is 2. The van der Waals surface area contributed by atoms with Gasteiger partial charge in [0.05, 0.1) is 11.4 Å². The van der Waals surface area contributed by atoms with Gasteiger partial charge in [0.2, 0.25) is 0 Å². The summed E-state index contributed by atoms with van der Waals surface area (Å²) in [4.78, 5) is 26.0. The zero-order valence-corrected chi connectivity index (χ0v) is 18.7. The molecule has 2 aromatic carbocycles. The summed E-state index contributed by atoms with van der Waals surface area (Å²) in [6.45, 7) is 1.47. The third-order valence-corrected chi connectivity index (χ3v) is 7.84. The standard InChI is InChI=1S/C22H21F3IN3O2/c23-22(24,25)21(31)27-17-13-14(9-10-18(17)29-11-5-1-2-6-12-29)19-15-7-3-4-8-16(15)20(30)28-26-19/h3-4,7-10,13H,1-2,5-6,11-12H2,(H,27,31)(H,28,30). The van der Waals surface area contributed by atoms with Crippen LogP contribution < -0.4 is 13.7 Å². The summed E-state index contributed by atoms with van der Waals surface area (Å²) in [6.07, 6.45) is -0.903. The SMILES string of the molecule is O=C1NI=C(c2ccc(N3CCCCCC3)c(NC(=O)C(F)(F)F)c2)c2ccccc21. The van der Waals surface area contributed by atoms with Crippen LogP contribution in [0.4, 0.5) is 24.5 Å². The molecule has 2 amide bonds. The molecule has 0 spiro atoms. The summed E-state index contributed by atoms with van der Waals surface area (Å²) >= 11 is -0.877. The van der Waals surface area contributed by atoms with Crippen LogP contribution in [0.1, 0.15) is 47.2 Å². The predicted octanol–water partition coefficient (Wildman–Crippen LogP) is 4.77. The van der Waals surface area contributed by atoms with Crippen LogP contribution in [-0.4, -0.2) is 34.6 Å². The van der Waals surface area contributed by atoms with E-state index in [-0.39, 0.29) is 11.6 Å². The molecule has 2 aliphatic rings. The Hall–Kier alpha value is -2.43. The van der Waals surface area contributed by atoms with Gasteiger partial charge in [0.1, 0.15) is 0 Å². The number of benzene rings is 2. The van der Waals surface area contributed by atoms with Crippen molar-refractivity contribution in [3.8, 4) is 0 Å². The molecule has 164 valence electrons. The van der Waals surface area contributed by atoms with Crippen LogP contribution in [0.3, 0.4) is 0 Å². The van der Waals surface area contributed by atoms with E-state index < -0.39 is 33.1 Å². The highest BCUT2D eigenvalue weighted by atomic mass is 127. The molecular weight excluding hydrogens is 522 g/mol. The monoisotopic (exact) mass is 543 g/mol. The summed E-state index contributed by atoms with van der Waals surface area (Å²) in [7, 11) is 0. The van der Waals surface area contributed by atoms with Crippen LogP contribution >= 0.6 is 21.0 Å². The minimum atomic E-state index is -4.97. The van der Waals surface area contributed by atoms with Crippen LogP contribution in [-0.2, 0) is 4.79 Å². The number of anilines is 2. The molecule has 2 aliphatic heterocycles. The lowest BCUT2D eigenvalue weighted by Crippen LogP contribution is -2.32. The van der Waals surface area contributed by atoms with Crippen LogP contribution in [0, 0.1) is 0 Å². The highest BCUT2D eigenvalue weighted by molar-refractivity contribution is 14.2. The number of halogens is 4. The molecule has 2 heterocycles. The number of rotatable bonds is 3. The van der Waals surface area contributed by atoms with Crippen molar-refractivity contribution in [3.63, 3.8) is 0 Å². The lowest BCUT2D eigenvalue weighted by Gasteiger charge is -2.27. The first kappa shape index (κ1) is 21.8. The topological polar surface area (TPSA) is 61.4 Å².